The molecule has 1 aromatic heterocycles. The normalized spacial score (nSPS) is 18.7. The van der Waals surface area contributed by atoms with E-state index in [-0.39, 0.29) is 11.9 Å². The highest BCUT2D eigenvalue weighted by molar-refractivity contribution is 5.94. The minimum atomic E-state index is -4.49. The Morgan fingerprint density at radius 1 is 1.33 bits per heavy atom. The molecular weight excluding hydrogens is 321 g/mol. The second-order valence-corrected chi connectivity index (χ2v) is 5.80. The number of nitrogens with zero attached hydrogens (tertiary/aromatic N) is 3. The Labute approximate surface area is 137 Å². The fourth-order valence-electron chi connectivity index (χ4n) is 2.70. The summed E-state index contributed by atoms with van der Waals surface area (Å²) in [6, 6.07) is 7.60. The Morgan fingerprint density at radius 3 is 2.79 bits per heavy atom. The molecule has 0 spiro atoms. The average Bonchev–Trinajstić information content (AvgIpc) is 3.04. The van der Waals surface area contributed by atoms with Gasteiger partial charge in [0.2, 0.25) is 0 Å². The van der Waals surface area contributed by atoms with Gasteiger partial charge in [-0.1, -0.05) is 6.07 Å². The van der Waals surface area contributed by atoms with Gasteiger partial charge in [0.15, 0.2) is 5.69 Å². The second kappa shape index (κ2) is 6.27. The zero-order valence-corrected chi connectivity index (χ0v) is 13.0. The average molecular weight is 338 g/mol. The maximum absolute atomic E-state index is 12.7. The summed E-state index contributed by atoms with van der Waals surface area (Å²) in [6.07, 6.45) is -3.26. The van der Waals surface area contributed by atoms with Crippen molar-refractivity contribution in [3.63, 3.8) is 0 Å². The molecule has 1 aliphatic heterocycles. The monoisotopic (exact) mass is 338 g/mol. The number of rotatable bonds is 2. The van der Waals surface area contributed by atoms with Gasteiger partial charge in [-0.15, -0.1) is 0 Å². The van der Waals surface area contributed by atoms with E-state index in [1.807, 2.05) is 6.92 Å². The number of aromatic nitrogens is 2. The highest BCUT2D eigenvalue weighted by Crippen LogP contribution is 2.28. The van der Waals surface area contributed by atoms with Crippen LogP contribution >= 0.6 is 0 Å². The molecule has 3 rings (SSSR count). The Balaban J connectivity index is 1.84. The Kier molecular flexibility index (Phi) is 4.31. The summed E-state index contributed by atoms with van der Waals surface area (Å²) in [4.78, 5) is 14.3. The topological polar surface area (TPSA) is 50.2 Å². The summed E-state index contributed by atoms with van der Waals surface area (Å²) in [6.45, 7) is 3.93. The maximum atomic E-state index is 12.7. The van der Waals surface area contributed by atoms with Gasteiger partial charge in [-0.3, -0.25) is 4.79 Å². The molecule has 2 heterocycles. The zero-order chi connectivity index (χ0) is 17.3. The molecule has 0 radical (unpaired) electrons. The Hall–Kier alpha value is -2.35. The summed E-state index contributed by atoms with van der Waals surface area (Å²) in [5.41, 5.74) is -0.111. The van der Waals surface area contributed by atoms with E-state index in [0.717, 1.165) is 17.3 Å². The molecule has 1 N–H and O–H groups in total. The Morgan fingerprint density at radius 2 is 2.12 bits per heavy atom. The number of hydrogen-bond acceptors (Lipinski definition) is 3. The van der Waals surface area contributed by atoms with Crippen LogP contribution in [0.5, 0.6) is 0 Å². The molecule has 128 valence electrons. The fourth-order valence-corrected chi connectivity index (χ4v) is 2.70. The molecular formula is C16H17F3N4O. The van der Waals surface area contributed by atoms with E-state index in [4.69, 9.17) is 0 Å². The number of alkyl halides is 3. The van der Waals surface area contributed by atoms with Gasteiger partial charge in [0.05, 0.1) is 5.69 Å². The van der Waals surface area contributed by atoms with E-state index in [1.54, 1.807) is 29.2 Å². The van der Waals surface area contributed by atoms with E-state index in [9.17, 15) is 18.0 Å². The summed E-state index contributed by atoms with van der Waals surface area (Å²) < 4.78 is 39.1. The van der Waals surface area contributed by atoms with Gasteiger partial charge in [0, 0.05) is 37.4 Å². The predicted molar refractivity (Wildman–Crippen MR) is 81.9 cm³/mol. The quantitative estimate of drug-likeness (QED) is 0.914. The van der Waals surface area contributed by atoms with Crippen LogP contribution in [0, 0.1) is 0 Å². The third kappa shape index (κ3) is 3.43. The lowest BCUT2D eigenvalue weighted by Crippen LogP contribution is -2.51. The van der Waals surface area contributed by atoms with Crippen molar-refractivity contribution in [1.29, 1.82) is 0 Å². The van der Waals surface area contributed by atoms with Gasteiger partial charge in [-0.05, 0) is 31.2 Å². The number of halogens is 3. The van der Waals surface area contributed by atoms with E-state index in [0.29, 0.717) is 24.3 Å². The lowest BCUT2D eigenvalue weighted by molar-refractivity contribution is -0.141. The molecule has 0 bridgehead atoms. The summed E-state index contributed by atoms with van der Waals surface area (Å²) in [5, 5.41) is 6.79. The third-order valence-electron chi connectivity index (χ3n) is 3.89. The van der Waals surface area contributed by atoms with Crippen LogP contribution in [0.2, 0.25) is 0 Å². The molecule has 24 heavy (non-hydrogen) atoms. The van der Waals surface area contributed by atoms with E-state index < -0.39 is 11.9 Å². The number of amides is 1. The largest absolute Gasteiger partial charge is 0.435 e. The first-order valence-electron chi connectivity index (χ1n) is 7.60. The molecule has 2 aromatic rings. The van der Waals surface area contributed by atoms with Crippen LogP contribution < -0.4 is 5.32 Å². The van der Waals surface area contributed by atoms with Crippen LogP contribution in [0.4, 0.5) is 13.2 Å². The molecule has 8 heteroatoms. The van der Waals surface area contributed by atoms with Crippen molar-refractivity contribution in [3.8, 4) is 5.69 Å². The highest BCUT2D eigenvalue weighted by Gasteiger charge is 2.33. The number of nitrogens with one attached hydrogen (secondary N) is 1. The third-order valence-corrected chi connectivity index (χ3v) is 3.89. The molecule has 0 saturated carbocycles. The van der Waals surface area contributed by atoms with Gasteiger partial charge in [0.1, 0.15) is 0 Å². The first-order valence-corrected chi connectivity index (χ1v) is 7.60. The lowest BCUT2D eigenvalue weighted by Gasteiger charge is -2.32. The van der Waals surface area contributed by atoms with Crippen LogP contribution in [-0.4, -0.2) is 46.3 Å². The molecule has 1 atom stereocenters. The Bertz CT molecular complexity index is 741. The van der Waals surface area contributed by atoms with Gasteiger partial charge >= 0.3 is 6.18 Å². The smallest absolute Gasteiger partial charge is 0.336 e. The summed E-state index contributed by atoms with van der Waals surface area (Å²) >= 11 is 0. The lowest BCUT2D eigenvalue weighted by atomic mass is 10.1. The van der Waals surface area contributed by atoms with Crippen LogP contribution in [0.3, 0.4) is 0 Å². The molecule has 1 amide bonds. The molecule has 5 nitrogen and oxygen atoms in total. The van der Waals surface area contributed by atoms with Crippen LogP contribution in [0.25, 0.3) is 5.69 Å². The number of carbonyl (C=O) groups excluding carboxylic acids is 1. The van der Waals surface area contributed by atoms with Gasteiger partial charge in [-0.2, -0.15) is 18.3 Å². The second-order valence-electron chi connectivity index (χ2n) is 5.80. The van der Waals surface area contributed by atoms with Crippen molar-refractivity contribution in [1.82, 2.24) is 20.0 Å². The minimum absolute atomic E-state index is 0.131. The van der Waals surface area contributed by atoms with Crippen molar-refractivity contribution < 1.29 is 18.0 Å². The molecule has 1 aliphatic rings. The molecule has 1 saturated heterocycles. The predicted octanol–water partition coefficient (Wildman–Crippen LogP) is 2.33. The fraction of sp³-hybridized carbons (Fsp3) is 0.375. The van der Waals surface area contributed by atoms with Gasteiger partial charge in [0.25, 0.3) is 5.91 Å². The van der Waals surface area contributed by atoms with E-state index >= 15 is 0 Å². The minimum Gasteiger partial charge on any atom is -0.336 e. The van der Waals surface area contributed by atoms with Crippen molar-refractivity contribution in [2.24, 2.45) is 0 Å². The van der Waals surface area contributed by atoms with Crippen molar-refractivity contribution in [3.05, 3.63) is 47.8 Å². The van der Waals surface area contributed by atoms with Gasteiger partial charge < -0.3 is 10.2 Å². The van der Waals surface area contributed by atoms with Crippen molar-refractivity contribution in [2.45, 2.75) is 19.1 Å². The number of hydrogen-bond donors (Lipinski definition) is 1. The standard InChI is InChI=1S/C16H17F3N4O/c1-11-10-22(8-6-20-11)15(24)12-3-2-4-13(9-12)23-7-5-14(21-23)16(17,18)19/h2-5,7,9,11,20H,6,8,10H2,1H3. The molecule has 0 aliphatic carbocycles. The number of benzene rings is 1. The molecule has 1 fully saturated rings. The van der Waals surface area contributed by atoms with Crippen LogP contribution in [0.15, 0.2) is 36.5 Å². The zero-order valence-electron chi connectivity index (χ0n) is 13.0. The van der Waals surface area contributed by atoms with Crippen LogP contribution in [0.1, 0.15) is 23.0 Å². The molecule has 1 aromatic carbocycles. The van der Waals surface area contributed by atoms with Gasteiger partial charge in [-0.25, -0.2) is 4.68 Å². The number of carbonyl (C=O) groups is 1. The first kappa shape index (κ1) is 16.5. The van der Waals surface area contributed by atoms with Crippen LogP contribution in [-0.2, 0) is 6.18 Å². The van der Waals surface area contributed by atoms with E-state index in [1.165, 1.54) is 6.20 Å². The van der Waals surface area contributed by atoms with E-state index in [2.05, 4.69) is 10.4 Å². The summed E-state index contributed by atoms with van der Waals surface area (Å²) in [7, 11) is 0. The SMILES string of the molecule is CC1CN(C(=O)c2cccc(-n3ccc(C(F)(F)F)n3)c2)CCN1. The number of piperazine rings is 1. The van der Waals surface area contributed by atoms with Crippen molar-refractivity contribution in [2.75, 3.05) is 19.6 Å². The maximum Gasteiger partial charge on any atom is 0.435 e. The first-order chi connectivity index (χ1) is 11.3. The van der Waals surface area contributed by atoms with Crippen molar-refractivity contribution >= 4 is 5.91 Å². The highest BCUT2D eigenvalue weighted by atomic mass is 19.4. The summed E-state index contributed by atoms with van der Waals surface area (Å²) in [5.74, 6) is -0.131. The molecule has 1 unspecified atom stereocenters.